The van der Waals surface area contributed by atoms with Crippen LogP contribution in [-0.4, -0.2) is 17.6 Å². The second-order valence-electron chi connectivity index (χ2n) is 6.60. The molecule has 5 heteroatoms. The molecule has 0 bridgehead atoms. The first-order valence-electron chi connectivity index (χ1n) is 8.87. The Morgan fingerprint density at radius 2 is 1.50 bits per heavy atom. The summed E-state index contributed by atoms with van der Waals surface area (Å²) in [7, 11) is 0. The molecule has 0 aromatic heterocycles. The summed E-state index contributed by atoms with van der Waals surface area (Å²) >= 11 is 0. The molecule has 0 saturated heterocycles. The van der Waals surface area contributed by atoms with Crippen molar-refractivity contribution < 1.29 is 14.4 Å². The molecule has 5 nitrogen and oxygen atoms in total. The van der Waals surface area contributed by atoms with Crippen LogP contribution in [0.15, 0.2) is 42.5 Å². The highest BCUT2D eigenvalue weighted by atomic mass is 16.2. The maximum Gasteiger partial charge on any atom is 0.248 e. The lowest BCUT2D eigenvalue weighted by atomic mass is 9.89. The average molecular weight is 350 g/mol. The number of carbonyl (C=O) groups is 3. The van der Waals surface area contributed by atoms with Crippen LogP contribution in [-0.2, 0) is 17.6 Å². The Morgan fingerprint density at radius 3 is 2.19 bits per heavy atom. The van der Waals surface area contributed by atoms with E-state index < -0.39 is 5.91 Å². The van der Waals surface area contributed by atoms with E-state index in [1.807, 2.05) is 18.2 Å². The van der Waals surface area contributed by atoms with Crippen molar-refractivity contribution >= 4 is 23.3 Å². The van der Waals surface area contributed by atoms with Crippen LogP contribution >= 0.6 is 0 Å². The van der Waals surface area contributed by atoms with E-state index in [4.69, 9.17) is 5.73 Å². The minimum absolute atomic E-state index is 0.0161. The van der Waals surface area contributed by atoms with Gasteiger partial charge in [0.25, 0.3) is 0 Å². The van der Waals surface area contributed by atoms with Gasteiger partial charge in [0.15, 0.2) is 5.78 Å². The lowest BCUT2D eigenvalue weighted by Gasteiger charge is -2.16. The van der Waals surface area contributed by atoms with E-state index >= 15 is 0 Å². The van der Waals surface area contributed by atoms with Gasteiger partial charge in [0.1, 0.15) is 0 Å². The van der Waals surface area contributed by atoms with Gasteiger partial charge in [-0.05, 0) is 67.1 Å². The van der Waals surface area contributed by atoms with Gasteiger partial charge in [0.05, 0.1) is 0 Å². The molecule has 26 heavy (non-hydrogen) atoms. The second-order valence-corrected chi connectivity index (χ2v) is 6.60. The van der Waals surface area contributed by atoms with E-state index in [9.17, 15) is 14.4 Å². The number of ketones is 1. The number of anilines is 1. The van der Waals surface area contributed by atoms with Crippen molar-refractivity contribution in [2.75, 3.05) is 5.32 Å². The van der Waals surface area contributed by atoms with E-state index in [1.165, 1.54) is 24.0 Å². The zero-order valence-corrected chi connectivity index (χ0v) is 14.6. The fourth-order valence-electron chi connectivity index (χ4n) is 3.22. The Labute approximate surface area is 152 Å². The third kappa shape index (κ3) is 4.36. The van der Waals surface area contributed by atoms with Crippen molar-refractivity contribution in [2.24, 2.45) is 5.73 Å². The number of nitrogens with two attached hydrogens (primary N) is 1. The number of benzene rings is 2. The molecule has 0 radical (unpaired) electrons. The quantitative estimate of drug-likeness (QED) is 0.784. The van der Waals surface area contributed by atoms with E-state index in [-0.39, 0.29) is 24.5 Å². The minimum Gasteiger partial charge on any atom is -0.366 e. The molecule has 1 aliphatic carbocycles. The summed E-state index contributed by atoms with van der Waals surface area (Å²) in [6.07, 6.45) is 4.78. The van der Waals surface area contributed by atoms with Crippen LogP contribution in [0.3, 0.4) is 0 Å². The molecule has 0 aliphatic heterocycles. The number of hydrogen-bond acceptors (Lipinski definition) is 3. The van der Waals surface area contributed by atoms with E-state index in [0.29, 0.717) is 16.8 Å². The van der Waals surface area contributed by atoms with Crippen LogP contribution in [0.25, 0.3) is 0 Å². The maximum absolute atomic E-state index is 12.4. The van der Waals surface area contributed by atoms with Gasteiger partial charge in [-0.15, -0.1) is 0 Å². The van der Waals surface area contributed by atoms with Gasteiger partial charge < -0.3 is 11.1 Å². The topological polar surface area (TPSA) is 89.3 Å². The number of nitrogens with one attached hydrogen (secondary N) is 1. The molecule has 2 amide bonds. The normalized spacial score (nSPS) is 12.9. The van der Waals surface area contributed by atoms with Crippen LogP contribution < -0.4 is 11.1 Å². The highest BCUT2D eigenvalue weighted by molar-refractivity contribution is 6.00. The molecular formula is C21H22N2O3. The zero-order chi connectivity index (χ0) is 18.5. The summed E-state index contributed by atoms with van der Waals surface area (Å²) in [6, 6.07) is 12.2. The number of primary amides is 1. The molecule has 0 heterocycles. The first-order valence-corrected chi connectivity index (χ1v) is 8.87. The van der Waals surface area contributed by atoms with Gasteiger partial charge in [-0.3, -0.25) is 14.4 Å². The van der Waals surface area contributed by atoms with Gasteiger partial charge in [-0.25, -0.2) is 0 Å². The predicted molar refractivity (Wildman–Crippen MR) is 100 cm³/mol. The van der Waals surface area contributed by atoms with Crippen molar-refractivity contribution in [3.63, 3.8) is 0 Å². The minimum atomic E-state index is -0.515. The number of Topliss-reactive ketones (excluding diaryl/α,β-unsaturated/α-hetero) is 1. The molecule has 0 saturated carbocycles. The molecule has 0 fully saturated rings. The van der Waals surface area contributed by atoms with Crippen molar-refractivity contribution in [1.82, 2.24) is 0 Å². The fourth-order valence-corrected chi connectivity index (χ4v) is 3.22. The summed E-state index contributed by atoms with van der Waals surface area (Å²) in [6.45, 7) is 0. The summed E-state index contributed by atoms with van der Waals surface area (Å²) in [5.74, 6) is -0.765. The predicted octanol–water partition coefficient (Wildman–Crippen LogP) is 3.27. The standard InChI is InChI=1S/C21H22N2O3/c22-21(26)15-7-9-18(10-8-15)23-20(25)12-11-19(24)17-6-5-14-3-1-2-4-16(14)13-17/h5-10,13H,1-4,11-12H2,(H2,22,26)(H,23,25). The molecular weight excluding hydrogens is 328 g/mol. The number of hydrogen-bond donors (Lipinski definition) is 2. The molecule has 2 aromatic rings. The van der Waals surface area contributed by atoms with Crippen molar-refractivity contribution in [1.29, 1.82) is 0 Å². The second kappa shape index (κ2) is 7.95. The van der Waals surface area contributed by atoms with E-state index in [1.54, 1.807) is 24.3 Å². The maximum atomic E-state index is 12.4. The van der Waals surface area contributed by atoms with Crippen molar-refractivity contribution in [3.05, 3.63) is 64.7 Å². The first kappa shape index (κ1) is 17.9. The molecule has 0 unspecified atom stereocenters. The Kier molecular flexibility index (Phi) is 5.46. The van der Waals surface area contributed by atoms with Gasteiger partial charge >= 0.3 is 0 Å². The van der Waals surface area contributed by atoms with Crippen LogP contribution in [0.2, 0.25) is 0 Å². The monoisotopic (exact) mass is 350 g/mol. The molecule has 3 N–H and O–H groups in total. The Balaban J connectivity index is 1.54. The number of amides is 2. The zero-order valence-electron chi connectivity index (χ0n) is 14.6. The van der Waals surface area contributed by atoms with Gasteiger partial charge in [0.2, 0.25) is 11.8 Å². The SMILES string of the molecule is NC(=O)c1ccc(NC(=O)CCC(=O)c2ccc3c(c2)CCCC3)cc1. The Morgan fingerprint density at radius 1 is 0.846 bits per heavy atom. The highest BCUT2D eigenvalue weighted by Crippen LogP contribution is 2.23. The lowest BCUT2D eigenvalue weighted by molar-refractivity contribution is -0.116. The summed E-state index contributed by atoms with van der Waals surface area (Å²) < 4.78 is 0. The van der Waals surface area contributed by atoms with Crippen LogP contribution in [0.1, 0.15) is 57.5 Å². The molecule has 0 atom stereocenters. The third-order valence-corrected chi connectivity index (χ3v) is 4.70. The van der Waals surface area contributed by atoms with E-state index in [0.717, 1.165) is 12.8 Å². The number of carbonyl (C=O) groups excluding carboxylic acids is 3. The van der Waals surface area contributed by atoms with Crippen molar-refractivity contribution in [3.8, 4) is 0 Å². The summed E-state index contributed by atoms with van der Waals surface area (Å²) in [4.78, 5) is 35.5. The lowest BCUT2D eigenvalue weighted by Crippen LogP contribution is -2.14. The number of rotatable bonds is 6. The molecule has 3 rings (SSSR count). The smallest absolute Gasteiger partial charge is 0.248 e. The largest absolute Gasteiger partial charge is 0.366 e. The Hall–Kier alpha value is -2.95. The summed E-state index contributed by atoms with van der Waals surface area (Å²) in [5, 5.41) is 2.72. The third-order valence-electron chi connectivity index (χ3n) is 4.70. The van der Waals surface area contributed by atoms with E-state index in [2.05, 4.69) is 5.32 Å². The fraction of sp³-hybridized carbons (Fsp3) is 0.286. The molecule has 0 spiro atoms. The average Bonchev–Trinajstić information content (AvgIpc) is 2.66. The molecule has 2 aromatic carbocycles. The summed E-state index contributed by atoms with van der Waals surface area (Å²) in [5.41, 5.74) is 9.42. The number of fused-ring (bicyclic) bond motifs is 1. The Bertz CT molecular complexity index is 841. The molecule has 134 valence electrons. The van der Waals surface area contributed by atoms with Gasteiger partial charge in [-0.2, -0.15) is 0 Å². The molecule has 1 aliphatic rings. The van der Waals surface area contributed by atoms with Crippen LogP contribution in [0.5, 0.6) is 0 Å². The number of aryl methyl sites for hydroxylation is 2. The van der Waals surface area contributed by atoms with Gasteiger partial charge in [0, 0.05) is 29.7 Å². The van der Waals surface area contributed by atoms with Gasteiger partial charge in [-0.1, -0.05) is 12.1 Å². The van der Waals surface area contributed by atoms with Crippen molar-refractivity contribution in [2.45, 2.75) is 38.5 Å². The van der Waals surface area contributed by atoms with Crippen LogP contribution in [0.4, 0.5) is 5.69 Å². The first-order chi connectivity index (χ1) is 12.5. The van der Waals surface area contributed by atoms with Crippen LogP contribution in [0, 0.1) is 0 Å². The highest BCUT2D eigenvalue weighted by Gasteiger charge is 2.14.